The minimum atomic E-state index is -4.44. The van der Waals surface area contributed by atoms with Crippen molar-refractivity contribution < 1.29 is 64.7 Å². The summed E-state index contributed by atoms with van der Waals surface area (Å²) in [5.74, 6) is -0.650. The molecular weight excluding hydrogens is 1190 g/mol. The number of rotatable bonds is 24. The Hall–Kier alpha value is -7.51. The molecule has 2 unspecified atom stereocenters. The van der Waals surface area contributed by atoms with Gasteiger partial charge in [0, 0.05) is 11.5 Å². The predicted molar refractivity (Wildman–Crippen MR) is 308 cm³/mol. The highest BCUT2D eigenvalue weighted by Crippen LogP contribution is 2.56. The van der Waals surface area contributed by atoms with Crippen molar-refractivity contribution in [3.05, 3.63) is 161 Å². The van der Waals surface area contributed by atoms with Gasteiger partial charge in [-0.05, 0) is 64.9 Å². The second kappa shape index (κ2) is 26.4. The van der Waals surface area contributed by atoms with Gasteiger partial charge in [-0.2, -0.15) is 14.8 Å². The number of nitrogens with zero attached hydrogens (tertiary/aromatic N) is 8. The summed E-state index contributed by atoms with van der Waals surface area (Å²) in [5, 5.41) is 14.9. The van der Waals surface area contributed by atoms with Crippen molar-refractivity contribution in [2.45, 2.75) is 75.1 Å². The number of methoxy groups -OCH3 is 2. The van der Waals surface area contributed by atoms with Crippen LogP contribution in [0.5, 0.6) is 11.5 Å². The number of aromatic nitrogens is 8. The molecule has 0 saturated carbocycles. The third-order valence-electron chi connectivity index (χ3n) is 13.9. The van der Waals surface area contributed by atoms with Gasteiger partial charge in [0.2, 0.25) is 11.9 Å². The van der Waals surface area contributed by atoms with E-state index in [4.69, 9.17) is 65.8 Å². The molecule has 6 heterocycles. The van der Waals surface area contributed by atoms with Gasteiger partial charge in [0.05, 0.1) is 59.2 Å². The number of hydrogen-bond acceptors (Lipinski definition) is 21. The molecule has 0 spiro atoms. The van der Waals surface area contributed by atoms with Crippen LogP contribution in [0.25, 0.3) is 22.3 Å². The van der Waals surface area contributed by atoms with Gasteiger partial charge in [-0.3, -0.25) is 38.3 Å². The Labute approximate surface area is 494 Å². The van der Waals surface area contributed by atoms with E-state index in [1.54, 1.807) is 68.4 Å². The van der Waals surface area contributed by atoms with E-state index in [1.807, 2.05) is 60.7 Å². The molecule has 2 amide bonds. The highest BCUT2D eigenvalue weighted by molar-refractivity contribution is 8.25. The van der Waals surface area contributed by atoms with Crippen molar-refractivity contribution in [1.82, 2.24) is 39.0 Å². The van der Waals surface area contributed by atoms with Crippen LogP contribution >= 0.6 is 13.9 Å². The van der Waals surface area contributed by atoms with Crippen molar-refractivity contribution in [2.75, 3.05) is 44.7 Å². The van der Waals surface area contributed by atoms with Gasteiger partial charge in [0.15, 0.2) is 59.0 Å². The molecule has 0 bridgehead atoms. The molecule has 4 aromatic heterocycles. The zero-order chi connectivity index (χ0) is 60.0. The number of ether oxygens (including phenoxy) is 5. The van der Waals surface area contributed by atoms with Gasteiger partial charge in [-0.1, -0.05) is 91.2 Å². The number of fused-ring (bicyclic) bond motifs is 2. The first-order valence-electron chi connectivity index (χ1n) is 26.2. The lowest BCUT2D eigenvalue weighted by molar-refractivity contribution is -0.118. The van der Waals surface area contributed by atoms with Crippen LogP contribution in [0.1, 0.15) is 59.8 Å². The van der Waals surface area contributed by atoms with Gasteiger partial charge < -0.3 is 50.3 Å². The molecule has 2 aliphatic rings. The molecule has 85 heavy (non-hydrogen) atoms. The number of hydrogen-bond donors (Lipinski definition) is 3. The Kier molecular flexibility index (Phi) is 18.8. The van der Waals surface area contributed by atoms with E-state index < -0.39 is 112 Å². The maximum Gasteiger partial charge on any atom is 0.372 e. The number of imidazole rings is 2. The van der Waals surface area contributed by atoms with Crippen molar-refractivity contribution in [3.8, 4) is 17.6 Å². The maximum atomic E-state index is 18.2. The second-order valence-corrected chi connectivity index (χ2v) is 23.9. The smallest absolute Gasteiger partial charge is 0.372 e. The van der Waals surface area contributed by atoms with Crippen LogP contribution in [0.2, 0.25) is 0 Å². The van der Waals surface area contributed by atoms with Crippen LogP contribution in [-0.2, 0) is 71.3 Å². The van der Waals surface area contributed by atoms with Crippen LogP contribution in [0.4, 0.5) is 20.5 Å². The zero-order valence-electron chi connectivity index (χ0n) is 45.5. The lowest BCUT2D eigenvalue weighted by Gasteiger charge is -2.37. The summed E-state index contributed by atoms with van der Waals surface area (Å²) >= 11 is 10.9. The lowest BCUT2D eigenvalue weighted by atomic mass is 9.80. The molecule has 10 atom stereocenters. The first kappa shape index (κ1) is 60.6. The number of anilines is 2. The summed E-state index contributed by atoms with van der Waals surface area (Å²) in [6.07, 6.45) is -11.0. The van der Waals surface area contributed by atoms with E-state index in [-0.39, 0.29) is 40.5 Å². The molecule has 10 rings (SSSR count). The number of benzene rings is 4. The van der Waals surface area contributed by atoms with E-state index in [9.17, 15) is 24.2 Å². The molecule has 2 fully saturated rings. The Balaban J connectivity index is 0.998. The predicted octanol–water partition coefficient (Wildman–Crippen LogP) is 8.45. The van der Waals surface area contributed by atoms with Crippen LogP contribution in [0.3, 0.4) is 0 Å². The van der Waals surface area contributed by atoms with Crippen molar-refractivity contribution >= 4 is 83.9 Å². The van der Waals surface area contributed by atoms with E-state index in [1.165, 1.54) is 36.0 Å². The van der Waals surface area contributed by atoms with Gasteiger partial charge in [-0.15, -0.1) is 0 Å². The Morgan fingerprint density at radius 2 is 1.41 bits per heavy atom. The largest absolute Gasteiger partial charge is 0.497 e. The Bertz CT molecular complexity index is 3800. The summed E-state index contributed by atoms with van der Waals surface area (Å²) in [5.41, 5.74) is -0.374. The van der Waals surface area contributed by atoms with Gasteiger partial charge in [-0.25, -0.2) is 28.7 Å². The number of carbonyl (C=O) groups is 2. The van der Waals surface area contributed by atoms with E-state index >= 15 is 8.78 Å². The topological polar surface area (TPSA) is 289 Å². The molecule has 2 saturated heterocycles. The Morgan fingerprint density at radius 3 is 2.04 bits per heavy atom. The maximum absolute atomic E-state index is 18.2. The summed E-state index contributed by atoms with van der Waals surface area (Å²) in [7, 11) is 0.159. The number of aromatic amines is 1. The monoisotopic (exact) mass is 1240 g/mol. The highest BCUT2D eigenvalue weighted by Gasteiger charge is 2.54. The summed E-state index contributed by atoms with van der Waals surface area (Å²) < 4.78 is 105. The summed E-state index contributed by atoms with van der Waals surface area (Å²) in [6.45, 7) is -2.82. The minimum Gasteiger partial charge on any atom is -0.497 e. The van der Waals surface area contributed by atoms with E-state index in [0.717, 1.165) is 6.33 Å². The number of carbonyl (C=O) groups excluding carboxylic acids is 2. The third-order valence-corrected chi connectivity index (χ3v) is 16.9. The minimum absolute atomic E-state index is 0.00320. The van der Waals surface area contributed by atoms with Crippen LogP contribution in [0.15, 0.2) is 133 Å². The van der Waals surface area contributed by atoms with Crippen LogP contribution < -0.4 is 25.7 Å². The lowest BCUT2D eigenvalue weighted by Crippen LogP contribution is -2.38. The fraction of sp³-hybridized carbons (Fsp3) is 0.327. The molecule has 442 valence electrons. The molecule has 30 heteroatoms. The van der Waals surface area contributed by atoms with E-state index in [0.29, 0.717) is 33.8 Å². The first-order valence-corrected chi connectivity index (χ1v) is 30.9. The molecule has 0 aliphatic carbocycles. The average molecular weight is 1240 g/mol. The summed E-state index contributed by atoms with van der Waals surface area (Å²) in [6, 6.07) is 33.8. The molecule has 4 aromatic carbocycles. The number of alkyl halides is 2. The average Bonchev–Trinajstić information content (AvgIpc) is 2.10. The van der Waals surface area contributed by atoms with Gasteiger partial charge in [0.25, 0.3) is 11.5 Å². The van der Waals surface area contributed by atoms with Crippen molar-refractivity contribution in [1.29, 1.82) is 5.26 Å². The number of amides is 2. The van der Waals surface area contributed by atoms with Gasteiger partial charge >= 0.3 is 13.9 Å². The number of H-pyrrole nitrogens is 1. The number of nitriles is 1. The SMILES string of the molecule is COc1ccc(C(OC[C@H]2O[C@@H](n3cnc4c(=O)[nH]c(NC(=O)C(C)C)nc43)[C@H](OP(=S)(OCCC#N)OC[C@H]3O[C@@H](n4cnc5c(NC(=O)c6ccccc6)ncnc54)[C@@H](F)[C@@H]3O[P+](=O)[S-])[C@@H]2F)(c2ccccc2)c2ccc(OC)cc2)cc1. The molecule has 24 nitrogen and oxygen atoms in total. The number of nitrogens with one attached hydrogen (secondary N) is 3. The number of halogens is 2. The molecule has 8 aromatic rings. The second-order valence-electron chi connectivity index (χ2n) is 19.4. The first-order chi connectivity index (χ1) is 41.0. The quantitative estimate of drug-likeness (QED) is 0.0221. The van der Waals surface area contributed by atoms with Crippen molar-refractivity contribution in [2.24, 2.45) is 5.92 Å². The highest BCUT2D eigenvalue weighted by atomic mass is 32.7. The van der Waals surface area contributed by atoms with Crippen molar-refractivity contribution in [3.63, 3.8) is 0 Å². The molecule has 0 radical (unpaired) electrons. The normalized spacial score (nSPS) is 21.4. The zero-order valence-corrected chi connectivity index (χ0v) is 48.9. The molecular formula is C55H53F2N11O13P2S2. The van der Waals surface area contributed by atoms with Crippen LogP contribution in [0, 0.1) is 17.2 Å². The molecule has 3 N–H and O–H groups in total. The Morgan fingerprint density at radius 1 is 0.800 bits per heavy atom. The van der Waals surface area contributed by atoms with E-state index in [2.05, 4.69) is 40.5 Å². The summed E-state index contributed by atoms with van der Waals surface area (Å²) in [4.78, 5) is 63.7. The van der Waals surface area contributed by atoms with Crippen LogP contribution in [-0.4, -0.2) is 122 Å². The fourth-order valence-electron chi connectivity index (χ4n) is 9.67. The third kappa shape index (κ3) is 12.9. The fourth-order valence-corrected chi connectivity index (χ4v) is 12.5. The standard InChI is InChI=1S/C55H53F2N11O13P2S2/c1-31(2)49(69)65-54-64-48-43(51(71)66-54)62-30-68(48)53-45(40(56)38(78-53)26-75-55(33-14-9-6-10-15-33,34-16-20-36(73-3)21-17-34)35-18-22-37(74-4)23-19-35)81-83(85,76-25-11-24-58)77-27-39-44(80-82(72)84)41(57)52(79-39)67-29-61-42-46(59-28-60-47(42)67)63-50(70)32-12-7-5-8-13-32/h5-10,12-23,28-31,38-41,44-45,52-53H,11,25-27H2,1-4H3,(H,59,60,63,70)(H2,64,65,66,69,71)/t38-,39-,40-,41+,44-,45-,52-,53-,83?/m1/s1. The molecule has 2 aliphatic heterocycles. The van der Waals surface area contributed by atoms with Gasteiger partial charge in [0.1, 0.15) is 41.7 Å².